The third kappa shape index (κ3) is 3.05. The van der Waals surface area contributed by atoms with Crippen LogP contribution < -0.4 is 0 Å². The molecule has 0 saturated heterocycles. The van der Waals surface area contributed by atoms with Gasteiger partial charge < -0.3 is 0 Å². The van der Waals surface area contributed by atoms with Gasteiger partial charge in [0.2, 0.25) is 0 Å². The van der Waals surface area contributed by atoms with Crippen LogP contribution in [0.1, 0.15) is 30.7 Å². The first-order valence-electron chi connectivity index (χ1n) is 4.24. The summed E-state index contributed by atoms with van der Waals surface area (Å²) >= 11 is 17.8. The first-order valence-corrected chi connectivity index (χ1v) is 5.43. The Hall–Kier alpha value is 0.0900. The first kappa shape index (κ1) is 11.2. The minimum atomic E-state index is 0.0415. The smallest absolute Gasteiger partial charge is 0.0595 e. The number of halogens is 3. The number of rotatable bonds is 3. The van der Waals surface area contributed by atoms with Crippen LogP contribution in [0.25, 0.3) is 0 Å². The van der Waals surface area contributed by atoms with Crippen molar-refractivity contribution in [3.63, 3.8) is 0 Å². The highest BCUT2D eigenvalue weighted by Crippen LogP contribution is 2.30. The minimum absolute atomic E-state index is 0.0415. The molecule has 0 aliphatic carbocycles. The van der Waals surface area contributed by atoms with Crippen molar-refractivity contribution in [1.29, 1.82) is 0 Å². The topological polar surface area (TPSA) is 0 Å². The zero-order valence-electron chi connectivity index (χ0n) is 7.36. The van der Waals surface area contributed by atoms with E-state index in [1.807, 2.05) is 12.1 Å². The molecule has 0 bridgehead atoms. The van der Waals surface area contributed by atoms with E-state index in [1.165, 1.54) is 0 Å². The molecule has 0 radical (unpaired) electrons. The van der Waals surface area contributed by atoms with Crippen LogP contribution in [0, 0.1) is 0 Å². The standard InChI is InChI=1S/C10H11Cl3/c1-2-3-8(11)7-4-5-9(12)10(13)6-7/h4-6,8H,2-3H2,1H3. The summed E-state index contributed by atoms with van der Waals surface area (Å²) in [6.07, 6.45) is 2.02. The summed E-state index contributed by atoms with van der Waals surface area (Å²) in [5, 5.41) is 1.19. The summed E-state index contributed by atoms with van der Waals surface area (Å²) in [6, 6.07) is 5.53. The lowest BCUT2D eigenvalue weighted by atomic mass is 10.1. The summed E-state index contributed by atoms with van der Waals surface area (Å²) in [5.41, 5.74) is 1.04. The second kappa shape index (κ2) is 5.09. The molecule has 1 rings (SSSR count). The first-order chi connectivity index (χ1) is 6.15. The molecule has 0 aromatic heterocycles. The highest BCUT2D eigenvalue weighted by molar-refractivity contribution is 6.42. The van der Waals surface area contributed by atoms with Crippen molar-refractivity contribution in [2.75, 3.05) is 0 Å². The lowest BCUT2D eigenvalue weighted by Gasteiger charge is -2.08. The molecule has 1 unspecified atom stereocenters. The van der Waals surface area contributed by atoms with Crippen molar-refractivity contribution >= 4 is 34.8 Å². The largest absolute Gasteiger partial charge is 0.118 e. The minimum Gasteiger partial charge on any atom is -0.118 e. The third-order valence-corrected chi connectivity index (χ3v) is 3.06. The molecular formula is C10H11Cl3. The van der Waals surface area contributed by atoms with Gasteiger partial charge in [0.1, 0.15) is 0 Å². The Kier molecular flexibility index (Phi) is 4.37. The maximum absolute atomic E-state index is 6.13. The molecule has 0 aliphatic heterocycles. The van der Waals surface area contributed by atoms with Crippen LogP contribution in [-0.4, -0.2) is 0 Å². The number of benzene rings is 1. The molecule has 3 heteroatoms. The lowest BCUT2D eigenvalue weighted by molar-refractivity contribution is 0.770. The fourth-order valence-electron chi connectivity index (χ4n) is 1.13. The molecule has 13 heavy (non-hydrogen) atoms. The molecule has 1 aromatic rings. The van der Waals surface area contributed by atoms with Gasteiger partial charge in [-0.15, -0.1) is 11.6 Å². The molecule has 0 aliphatic rings. The number of hydrogen-bond acceptors (Lipinski definition) is 0. The van der Waals surface area contributed by atoms with Crippen LogP contribution >= 0.6 is 34.8 Å². The highest BCUT2D eigenvalue weighted by atomic mass is 35.5. The Labute approximate surface area is 93.8 Å². The van der Waals surface area contributed by atoms with E-state index >= 15 is 0 Å². The van der Waals surface area contributed by atoms with E-state index in [9.17, 15) is 0 Å². The second-order valence-electron chi connectivity index (χ2n) is 2.93. The summed E-state index contributed by atoms with van der Waals surface area (Å²) in [4.78, 5) is 0. The zero-order valence-corrected chi connectivity index (χ0v) is 9.63. The molecule has 0 fully saturated rings. The maximum Gasteiger partial charge on any atom is 0.0595 e. The van der Waals surface area contributed by atoms with E-state index < -0.39 is 0 Å². The number of hydrogen-bond donors (Lipinski definition) is 0. The van der Waals surface area contributed by atoms with Crippen LogP contribution in [0.4, 0.5) is 0 Å². The fraction of sp³-hybridized carbons (Fsp3) is 0.400. The van der Waals surface area contributed by atoms with Crippen molar-refractivity contribution in [3.05, 3.63) is 33.8 Å². The van der Waals surface area contributed by atoms with Crippen LogP contribution in [0.15, 0.2) is 18.2 Å². The van der Waals surface area contributed by atoms with Crippen molar-refractivity contribution < 1.29 is 0 Å². The van der Waals surface area contributed by atoms with E-state index in [1.54, 1.807) is 6.07 Å². The third-order valence-electron chi connectivity index (χ3n) is 1.85. The Balaban J connectivity index is 2.84. The van der Waals surface area contributed by atoms with Crippen molar-refractivity contribution in [3.8, 4) is 0 Å². The fourth-order valence-corrected chi connectivity index (χ4v) is 1.79. The second-order valence-corrected chi connectivity index (χ2v) is 4.27. The molecule has 0 saturated carbocycles. The number of alkyl halides is 1. The summed E-state index contributed by atoms with van der Waals surface area (Å²) in [7, 11) is 0. The van der Waals surface area contributed by atoms with Crippen LogP contribution in [0.5, 0.6) is 0 Å². The Morgan fingerprint density at radius 1 is 1.23 bits per heavy atom. The van der Waals surface area contributed by atoms with Crippen LogP contribution in [-0.2, 0) is 0 Å². The quantitative estimate of drug-likeness (QED) is 0.644. The molecule has 0 spiro atoms. The van der Waals surface area contributed by atoms with Gasteiger partial charge in [-0.3, -0.25) is 0 Å². The van der Waals surface area contributed by atoms with Gasteiger partial charge in [0, 0.05) is 0 Å². The maximum atomic E-state index is 6.13. The van der Waals surface area contributed by atoms with E-state index in [-0.39, 0.29) is 5.38 Å². The van der Waals surface area contributed by atoms with Gasteiger partial charge in [-0.2, -0.15) is 0 Å². The Morgan fingerprint density at radius 3 is 2.46 bits per heavy atom. The molecule has 0 N–H and O–H groups in total. The Bertz CT molecular complexity index is 283. The molecular weight excluding hydrogens is 226 g/mol. The van der Waals surface area contributed by atoms with E-state index in [2.05, 4.69) is 6.92 Å². The van der Waals surface area contributed by atoms with E-state index in [0.717, 1.165) is 18.4 Å². The van der Waals surface area contributed by atoms with Gasteiger partial charge in [0.15, 0.2) is 0 Å². The summed E-state index contributed by atoms with van der Waals surface area (Å²) in [6.45, 7) is 2.10. The van der Waals surface area contributed by atoms with Crippen molar-refractivity contribution in [2.45, 2.75) is 25.1 Å². The predicted molar refractivity (Wildman–Crippen MR) is 60.0 cm³/mol. The molecule has 0 heterocycles. The predicted octanol–water partition coefficient (Wildman–Crippen LogP) is 5.07. The SMILES string of the molecule is CCCC(Cl)c1ccc(Cl)c(Cl)c1. The van der Waals surface area contributed by atoms with Gasteiger partial charge in [0.25, 0.3) is 0 Å². The average molecular weight is 238 g/mol. The van der Waals surface area contributed by atoms with Gasteiger partial charge in [-0.25, -0.2) is 0 Å². The lowest BCUT2D eigenvalue weighted by Crippen LogP contribution is -1.89. The summed E-state index contributed by atoms with van der Waals surface area (Å²) < 4.78 is 0. The Morgan fingerprint density at radius 2 is 1.92 bits per heavy atom. The normalized spacial score (nSPS) is 12.9. The zero-order chi connectivity index (χ0) is 9.84. The molecule has 0 nitrogen and oxygen atoms in total. The van der Waals surface area contributed by atoms with Crippen molar-refractivity contribution in [1.82, 2.24) is 0 Å². The highest BCUT2D eigenvalue weighted by Gasteiger charge is 2.08. The molecule has 1 atom stereocenters. The van der Waals surface area contributed by atoms with Crippen LogP contribution in [0.3, 0.4) is 0 Å². The average Bonchev–Trinajstić information content (AvgIpc) is 2.10. The summed E-state index contributed by atoms with van der Waals surface area (Å²) in [5.74, 6) is 0. The van der Waals surface area contributed by atoms with Gasteiger partial charge in [0.05, 0.1) is 15.4 Å². The van der Waals surface area contributed by atoms with E-state index in [0.29, 0.717) is 10.0 Å². The molecule has 1 aromatic carbocycles. The molecule has 0 amide bonds. The molecule has 72 valence electrons. The monoisotopic (exact) mass is 236 g/mol. The van der Waals surface area contributed by atoms with E-state index in [4.69, 9.17) is 34.8 Å². The van der Waals surface area contributed by atoms with Crippen LogP contribution in [0.2, 0.25) is 10.0 Å². The van der Waals surface area contributed by atoms with Gasteiger partial charge in [-0.05, 0) is 24.1 Å². The van der Waals surface area contributed by atoms with Crippen molar-refractivity contribution in [2.24, 2.45) is 0 Å². The van der Waals surface area contributed by atoms with Gasteiger partial charge >= 0.3 is 0 Å². The van der Waals surface area contributed by atoms with Gasteiger partial charge in [-0.1, -0.05) is 42.6 Å².